The Hall–Kier alpha value is -0.130. The molecule has 0 amide bonds. The van der Waals surface area contributed by atoms with Gasteiger partial charge in [0, 0.05) is 12.6 Å². The van der Waals surface area contributed by atoms with Gasteiger partial charge < -0.3 is 10.5 Å². The van der Waals surface area contributed by atoms with Gasteiger partial charge in [0.15, 0.2) is 9.84 Å². The van der Waals surface area contributed by atoms with Crippen LogP contribution in [-0.2, 0) is 14.6 Å². The maximum Gasteiger partial charge on any atom is 0.155 e. The maximum absolute atomic E-state index is 12.1. The van der Waals surface area contributed by atoms with E-state index in [2.05, 4.69) is 0 Å². The zero-order valence-corrected chi connectivity index (χ0v) is 10.4. The molecule has 1 saturated heterocycles. The number of nitrogens with two attached hydrogens (primary N) is 1. The van der Waals surface area contributed by atoms with E-state index in [1.807, 2.05) is 0 Å². The molecule has 2 rings (SSSR count). The molecule has 1 saturated carbocycles. The molecule has 1 unspecified atom stereocenters. The molecule has 0 spiro atoms. The number of ether oxygens (including phenoxy) is 1. The zero-order valence-electron chi connectivity index (χ0n) is 9.60. The van der Waals surface area contributed by atoms with Gasteiger partial charge in [0.05, 0.1) is 17.1 Å². The monoisotopic (exact) mass is 247 g/mol. The average Bonchev–Trinajstić information content (AvgIpc) is 2.70. The Morgan fingerprint density at radius 3 is 2.38 bits per heavy atom. The minimum atomic E-state index is -2.97. The number of hydrogen-bond acceptors (Lipinski definition) is 4. The molecule has 2 aliphatic rings. The van der Waals surface area contributed by atoms with Crippen LogP contribution in [0.1, 0.15) is 38.5 Å². The highest BCUT2D eigenvalue weighted by molar-refractivity contribution is 7.92. The summed E-state index contributed by atoms with van der Waals surface area (Å²) in [4.78, 5) is 0. The first-order chi connectivity index (χ1) is 7.58. The third kappa shape index (κ3) is 2.96. The van der Waals surface area contributed by atoms with Gasteiger partial charge in [0.25, 0.3) is 0 Å². The Bertz CT molecular complexity index is 314. The predicted molar refractivity (Wildman–Crippen MR) is 63.0 cm³/mol. The summed E-state index contributed by atoms with van der Waals surface area (Å²) in [6.45, 7) is 0.718. The van der Waals surface area contributed by atoms with Gasteiger partial charge in [-0.05, 0) is 38.5 Å². The lowest BCUT2D eigenvalue weighted by molar-refractivity contribution is 0.127. The molecule has 4 nitrogen and oxygen atoms in total. The van der Waals surface area contributed by atoms with Crippen molar-refractivity contribution >= 4 is 9.84 Å². The van der Waals surface area contributed by atoms with Crippen molar-refractivity contribution in [3.63, 3.8) is 0 Å². The van der Waals surface area contributed by atoms with Crippen LogP contribution in [0.15, 0.2) is 0 Å². The highest BCUT2D eigenvalue weighted by Gasteiger charge is 2.32. The molecule has 94 valence electrons. The Balaban J connectivity index is 1.90. The highest BCUT2D eigenvalue weighted by atomic mass is 32.2. The molecule has 0 radical (unpaired) electrons. The summed E-state index contributed by atoms with van der Waals surface area (Å²) in [7, 11) is -2.97. The number of sulfone groups is 1. The third-order valence-electron chi connectivity index (χ3n) is 3.67. The number of rotatable bonds is 3. The van der Waals surface area contributed by atoms with Crippen LogP contribution in [0.5, 0.6) is 0 Å². The fraction of sp³-hybridized carbons (Fsp3) is 1.00. The molecule has 0 aromatic rings. The Morgan fingerprint density at radius 2 is 1.81 bits per heavy atom. The van der Waals surface area contributed by atoms with E-state index in [1.165, 1.54) is 0 Å². The standard InChI is InChI=1S/C11H21NO3S/c12-9-3-5-11(6-4-9)16(13,14)8-10-2-1-7-15-10/h9-11H,1-8,12H2. The Labute approximate surface area is 97.5 Å². The first kappa shape index (κ1) is 12.3. The minimum absolute atomic E-state index is 0.0550. The van der Waals surface area contributed by atoms with Crippen LogP contribution in [0.4, 0.5) is 0 Å². The molecule has 1 aliphatic carbocycles. The van der Waals surface area contributed by atoms with Crippen molar-refractivity contribution in [1.82, 2.24) is 0 Å². The summed E-state index contributed by atoms with van der Waals surface area (Å²) in [5.74, 6) is 0.215. The molecule has 0 aromatic carbocycles. The average molecular weight is 247 g/mol. The summed E-state index contributed by atoms with van der Waals surface area (Å²) < 4.78 is 29.7. The van der Waals surface area contributed by atoms with Gasteiger partial charge in [-0.2, -0.15) is 0 Å². The van der Waals surface area contributed by atoms with Crippen LogP contribution in [0, 0.1) is 0 Å². The molecule has 0 aromatic heterocycles. The van der Waals surface area contributed by atoms with Gasteiger partial charge >= 0.3 is 0 Å². The highest BCUT2D eigenvalue weighted by Crippen LogP contribution is 2.26. The Kier molecular flexibility index (Phi) is 3.87. The zero-order chi connectivity index (χ0) is 11.6. The largest absolute Gasteiger partial charge is 0.377 e. The quantitative estimate of drug-likeness (QED) is 0.802. The van der Waals surface area contributed by atoms with Crippen molar-refractivity contribution in [2.24, 2.45) is 5.73 Å². The van der Waals surface area contributed by atoms with Crippen LogP contribution < -0.4 is 5.73 Å². The van der Waals surface area contributed by atoms with Gasteiger partial charge in [-0.25, -0.2) is 8.42 Å². The van der Waals surface area contributed by atoms with Crippen molar-refractivity contribution in [2.45, 2.75) is 55.9 Å². The summed E-state index contributed by atoms with van der Waals surface area (Å²) in [6, 6.07) is 0.203. The molecule has 1 aliphatic heterocycles. The summed E-state index contributed by atoms with van der Waals surface area (Å²) >= 11 is 0. The van der Waals surface area contributed by atoms with Crippen LogP contribution in [0.3, 0.4) is 0 Å². The second kappa shape index (κ2) is 5.02. The summed E-state index contributed by atoms with van der Waals surface area (Å²) in [5, 5.41) is -0.170. The summed E-state index contributed by atoms with van der Waals surface area (Å²) in [6.07, 6.45) is 4.99. The normalized spacial score (nSPS) is 36.4. The van der Waals surface area contributed by atoms with Gasteiger partial charge in [0.1, 0.15) is 0 Å². The van der Waals surface area contributed by atoms with Crippen LogP contribution in [0.2, 0.25) is 0 Å². The van der Waals surface area contributed by atoms with Gasteiger partial charge in [0.2, 0.25) is 0 Å². The van der Waals surface area contributed by atoms with Crippen molar-refractivity contribution in [3.05, 3.63) is 0 Å². The molecule has 1 atom stereocenters. The Morgan fingerprint density at radius 1 is 1.12 bits per heavy atom. The summed E-state index contributed by atoms with van der Waals surface area (Å²) in [5.41, 5.74) is 5.78. The van der Waals surface area contributed by atoms with E-state index >= 15 is 0 Å². The van der Waals surface area contributed by atoms with Crippen molar-refractivity contribution in [1.29, 1.82) is 0 Å². The molecule has 2 N–H and O–H groups in total. The van der Waals surface area contributed by atoms with E-state index in [1.54, 1.807) is 0 Å². The van der Waals surface area contributed by atoms with Gasteiger partial charge in [-0.3, -0.25) is 0 Å². The van der Waals surface area contributed by atoms with E-state index in [9.17, 15) is 8.42 Å². The van der Waals surface area contributed by atoms with E-state index in [0.29, 0.717) is 0 Å². The second-order valence-electron chi connectivity index (χ2n) is 5.00. The lowest BCUT2D eigenvalue weighted by Crippen LogP contribution is -2.36. The fourth-order valence-electron chi connectivity index (χ4n) is 2.62. The molecule has 1 heterocycles. The lowest BCUT2D eigenvalue weighted by Gasteiger charge is -2.26. The molecule has 5 heteroatoms. The molecule has 16 heavy (non-hydrogen) atoms. The molecular formula is C11H21NO3S. The van der Waals surface area contributed by atoms with E-state index in [0.717, 1.165) is 45.1 Å². The minimum Gasteiger partial charge on any atom is -0.377 e. The van der Waals surface area contributed by atoms with E-state index in [4.69, 9.17) is 10.5 Å². The first-order valence-electron chi connectivity index (χ1n) is 6.16. The topological polar surface area (TPSA) is 69.4 Å². The van der Waals surface area contributed by atoms with Crippen LogP contribution >= 0.6 is 0 Å². The first-order valence-corrected chi connectivity index (χ1v) is 7.88. The lowest BCUT2D eigenvalue weighted by atomic mass is 9.96. The van der Waals surface area contributed by atoms with Crippen molar-refractivity contribution in [3.8, 4) is 0 Å². The molecule has 2 fully saturated rings. The smallest absolute Gasteiger partial charge is 0.155 e. The maximum atomic E-state index is 12.1. The van der Waals surface area contributed by atoms with Crippen molar-refractivity contribution in [2.75, 3.05) is 12.4 Å². The SMILES string of the molecule is NC1CCC(S(=O)(=O)CC2CCCO2)CC1. The van der Waals surface area contributed by atoms with Gasteiger partial charge in [-0.15, -0.1) is 0 Å². The van der Waals surface area contributed by atoms with Crippen LogP contribution in [-0.4, -0.2) is 38.2 Å². The van der Waals surface area contributed by atoms with E-state index < -0.39 is 9.84 Å². The third-order valence-corrected chi connectivity index (χ3v) is 5.99. The predicted octanol–water partition coefficient (Wildman–Crippen LogP) is 0.850. The van der Waals surface area contributed by atoms with Crippen LogP contribution in [0.25, 0.3) is 0 Å². The molecular weight excluding hydrogens is 226 g/mol. The second-order valence-corrected chi connectivity index (χ2v) is 7.33. The van der Waals surface area contributed by atoms with Crippen molar-refractivity contribution < 1.29 is 13.2 Å². The van der Waals surface area contributed by atoms with E-state index in [-0.39, 0.29) is 23.1 Å². The van der Waals surface area contributed by atoms with Gasteiger partial charge in [-0.1, -0.05) is 0 Å². The molecule has 0 bridgehead atoms. The number of hydrogen-bond donors (Lipinski definition) is 1. The fourth-order valence-corrected chi connectivity index (χ4v) is 4.66.